The van der Waals surface area contributed by atoms with Crippen molar-refractivity contribution in [1.29, 1.82) is 0 Å². The summed E-state index contributed by atoms with van der Waals surface area (Å²) in [6.45, 7) is 7.66. The summed E-state index contributed by atoms with van der Waals surface area (Å²) in [5.41, 5.74) is 1.38. The average molecular weight is 260 g/mol. The molecule has 1 aromatic carbocycles. The van der Waals surface area contributed by atoms with E-state index in [1.54, 1.807) is 0 Å². The van der Waals surface area contributed by atoms with E-state index in [9.17, 15) is 0 Å². The maximum atomic E-state index is 5.80. The number of piperazine rings is 1. The molecule has 2 heterocycles. The van der Waals surface area contributed by atoms with E-state index in [1.165, 1.54) is 12.0 Å². The molecule has 2 aliphatic rings. The molecule has 1 fully saturated rings. The summed E-state index contributed by atoms with van der Waals surface area (Å²) in [5.74, 6) is 1.08. The van der Waals surface area contributed by atoms with E-state index in [2.05, 4.69) is 48.3 Å². The number of benzene rings is 1. The highest BCUT2D eigenvalue weighted by Crippen LogP contribution is 2.37. The maximum absolute atomic E-state index is 5.80. The highest BCUT2D eigenvalue weighted by molar-refractivity contribution is 5.37. The third-order valence-corrected chi connectivity index (χ3v) is 4.45. The summed E-state index contributed by atoms with van der Waals surface area (Å²) in [7, 11) is 0. The van der Waals surface area contributed by atoms with Crippen LogP contribution in [-0.2, 0) is 0 Å². The Morgan fingerprint density at radius 3 is 3.05 bits per heavy atom. The molecule has 19 heavy (non-hydrogen) atoms. The Balaban J connectivity index is 1.88. The lowest BCUT2D eigenvalue weighted by atomic mass is 9.94. The van der Waals surface area contributed by atoms with Crippen LogP contribution in [0.4, 0.5) is 0 Å². The van der Waals surface area contributed by atoms with Crippen LogP contribution in [0.3, 0.4) is 0 Å². The summed E-state index contributed by atoms with van der Waals surface area (Å²) < 4.78 is 5.80. The lowest BCUT2D eigenvalue weighted by Crippen LogP contribution is -2.56. The molecule has 1 saturated heterocycles. The van der Waals surface area contributed by atoms with Gasteiger partial charge in [0.15, 0.2) is 0 Å². The fourth-order valence-electron chi connectivity index (χ4n) is 3.41. The molecule has 0 amide bonds. The van der Waals surface area contributed by atoms with Gasteiger partial charge in [0.25, 0.3) is 0 Å². The monoisotopic (exact) mass is 260 g/mol. The van der Waals surface area contributed by atoms with Crippen LogP contribution >= 0.6 is 0 Å². The summed E-state index contributed by atoms with van der Waals surface area (Å²) in [6.07, 6.45) is 2.32. The number of ether oxygens (including phenoxy) is 1. The van der Waals surface area contributed by atoms with E-state index in [4.69, 9.17) is 4.74 Å². The molecule has 0 bridgehead atoms. The molecule has 0 spiro atoms. The van der Waals surface area contributed by atoms with Gasteiger partial charge in [-0.1, -0.05) is 25.1 Å². The van der Waals surface area contributed by atoms with Crippen LogP contribution in [0.25, 0.3) is 0 Å². The molecule has 1 aromatic rings. The number of nitrogens with one attached hydrogen (secondary N) is 1. The lowest BCUT2D eigenvalue weighted by Gasteiger charge is -2.45. The van der Waals surface area contributed by atoms with Gasteiger partial charge < -0.3 is 10.1 Å². The van der Waals surface area contributed by atoms with Crippen molar-refractivity contribution in [1.82, 2.24) is 10.2 Å². The predicted octanol–water partition coefficient (Wildman–Crippen LogP) is 2.58. The normalized spacial score (nSPS) is 31.6. The zero-order chi connectivity index (χ0) is 13.2. The fraction of sp³-hybridized carbons (Fsp3) is 0.625. The SMILES string of the molecule is CCC1CNC(C)CN1C1CCOc2ccccc21. The minimum Gasteiger partial charge on any atom is -0.493 e. The van der Waals surface area contributed by atoms with Gasteiger partial charge in [-0.2, -0.15) is 0 Å². The first-order valence-electron chi connectivity index (χ1n) is 7.50. The fourth-order valence-corrected chi connectivity index (χ4v) is 3.41. The van der Waals surface area contributed by atoms with Crippen molar-refractivity contribution in [2.75, 3.05) is 19.7 Å². The molecule has 0 aromatic heterocycles. The highest BCUT2D eigenvalue weighted by Gasteiger charge is 2.34. The number of nitrogens with zero attached hydrogens (tertiary/aromatic N) is 1. The van der Waals surface area contributed by atoms with Crippen molar-refractivity contribution in [3.63, 3.8) is 0 Å². The van der Waals surface area contributed by atoms with Crippen LogP contribution in [-0.4, -0.2) is 36.7 Å². The quantitative estimate of drug-likeness (QED) is 0.884. The Labute approximate surface area is 115 Å². The summed E-state index contributed by atoms with van der Waals surface area (Å²) in [4.78, 5) is 2.70. The van der Waals surface area contributed by atoms with Crippen LogP contribution in [0.1, 0.15) is 38.3 Å². The molecule has 0 aliphatic carbocycles. The van der Waals surface area contributed by atoms with Crippen molar-refractivity contribution in [3.05, 3.63) is 29.8 Å². The van der Waals surface area contributed by atoms with Gasteiger partial charge >= 0.3 is 0 Å². The Kier molecular flexibility index (Phi) is 3.76. The van der Waals surface area contributed by atoms with E-state index in [1.807, 2.05) is 0 Å². The Morgan fingerprint density at radius 1 is 1.37 bits per heavy atom. The average Bonchev–Trinajstić information content (AvgIpc) is 2.46. The van der Waals surface area contributed by atoms with Crippen LogP contribution in [0.2, 0.25) is 0 Å². The lowest BCUT2D eigenvalue weighted by molar-refractivity contribution is 0.0586. The van der Waals surface area contributed by atoms with Crippen molar-refractivity contribution < 1.29 is 4.74 Å². The van der Waals surface area contributed by atoms with Crippen molar-refractivity contribution in [2.24, 2.45) is 0 Å². The molecule has 104 valence electrons. The second-order valence-electron chi connectivity index (χ2n) is 5.76. The van der Waals surface area contributed by atoms with Crippen LogP contribution in [0.15, 0.2) is 24.3 Å². The van der Waals surface area contributed by atoms with Gasteiger partial charge in [0.1, 0.15) is 5.75 Å². The van der Waals surface area contributed by atoms with Gasteiger partial charge in [-0.25, -0.2) is 0 Å². The first kappa shape index (κ1) is 12.9. The second kappa shape index (κ2) is 5.51. The number of hydrogen-bond donors (Lipinski definition) is 1. The summed E-state index contributed by atoms with van der Waals surface area (Å²) in [6, 6.07) is 10.3. The Morgan fingerprint density at radius 2 is 2.21 bits per heavy atom. The maximum Gasteiger partial charge on any atom is 0.124 e. The smallest absolute Gasteiger partial charge is 0.124 e. The van der Waals surface area contributed by atoms with Gasteiger partial charge in [0.05, 0.1) is 6.61 Å². The zero-order valence-corrected chi connectivity index (χ0v) is 11.9. The molecule has 0 saturated carbocycles. The van der Waals surface area contributed by atoms with Gasteiger partial charge in [0, 0.05) is 43.2 Å². The molecule has 3 heteroatoms. The van der Waals surface area contributed by atoms with Gasteiger partial charge in [-0.15, -0.1) is 0 Å². The third kappa shape index (κ3) is 2.49. The summed E-state index contributed by atoms with van der Waals surface area (Å²) in [5, 5.41) is 3.60. The van der Waals surface area contributed by atoms with E-state index in [-0.39, 0.29) is 0 Å². The molecule has 0 radical (unpaired) electrons. The number of para-hydroxylation sites is 1. The van der Waals surface area contributed by atoms with Gasteiger partial charge in [-0.05, 0) is 19.4 Å². The van der Waals surface area contributed by atoms with Crippen LogP contribution in [0, 0.1) is 0 Å². The molecule has 2 aliphatic heterocycles. The summed E-state index contributed by atoms with van der Waals surface area (Å²) >= 11 is 0. The first-order chi connectivity index (χ1) is 9.29. The molecular weight excluding hydrogens is 236 g/mol. The highest BCUT2D eigenvalue weighted by atomic mass is 16.5. The third-order valence-electron chi connectivity index (χ3n) is 4.45. The van der Waals surface area contributed by atoms with Crippen LogP contribution < -0.4 is 10.1 Å². The molecule has 3 atom stereocenters. The van der Waals surface area contributed by atoms with Gasteiger partial charge in [0.2, 0.25) is 0 Å². The van der Waals surface area contributed by atoms with E-state index in [0.717, 1.165) is 31.9 Å². The minimum absolute atomic E-state index is 0.527. The van der Waals surface area contributed by atoms with Gasteiger partial charge in [-0.3, -0.25) is 4.90 Å². The van der Waals surface area contributed by atoms with Crippen LogP contribution in [0.5, 0.6) is 5.75 Å². The van der Waals surface area contributed by atoms with Crippen molar-refractivity contribution in [2.45, 2.75) is 44.8 Å². The molecule has 3 unspecified atom stereocenters. The minimum atomic E-state index is 0.527. The Bertz CT molecular complexity index is 435. The van der Waals surface area contributed by atoms with Crippen molar-refractivity contribution >= 4 is 0 Å². The second-order valence-corrected chi connectivity index (χ2v) is 5.76. The Hall–Kier alpha value is -1.06. The number of hydrogen-bond acceptors (Lipinski definition) is 3. The number of fused-ring (bicyclic) bond motifs is 1. The molecule has 1 N–H and O–H groups in total. The standard InChI is InChI=1S/C16H24N2O/c1-3-13-10-17-12(2)11-18(13)15-8-9-19-16-7-5-4-6-14(15)16/h4-7,12-13,15,17H,3,8-11H2,1-2H3. The topological polar surface area (TPSA) is 24.5 Å². The van der Waals surface area contributed by atoms with E-state index >= 15 is 0 Å². The van der Waals surface area contributed by atoms with E-state index < -0.39 is 0 Å². The van der Waals surface area contributed by atoms with E-state index in [0.29, 0.717) is 18.1 Å². The molecule has 3 nitrogen and oxygen atoms in total. The molecule has 3 rings (SSSR count). The first-order valence-corrected chi connectivity index (χ1v) is 7.50. The number of rotatable bonds is 2. The largest absolute Gasteiger partial charge is 0.493 e. The van der Waals surface area contributed by atoms with Crippen molar-refractivity contribution in [3.8, 4) is 5.75 Å². The zero-order valence-electron chi connectivity index (χ0n) is 11.9. The molecular formula is C16H24N2O. The predicted molar refractivity (Wildman–Crippen MR) is 77.5 cm³/mol.